The molecule has 0 aromatic carbocycles. The Hall–Kier alpha value is -0.670. The summed E-state index contributed by atoms with van der Waals surface area (Å²) in [4.78, 5) is 14.1. The average molecular weight is 237 g/mol. The van der Waals surface area contributed by atoms with Crippen molar-refractivity contribution in [2.24, 2.45) is 0 Å². The van der Waals surface area contributed by atoms with E-state index in [4.69, 9.17) is 4.74 Å². The van der Waals surface area contributed by atoms with Crippen molar-refractivity contribution >= 4 is 5.78 Å². The molecular formula is C14H23NO2. The monoisotopic (exact) mass is 237 g/mol. The standard InChI is InChI=1S/C14H23NO2/c1-2-3-8-17-9-7-15-12-5-4-6-13(15)11-14(16)10-12/h2,12-13H,1,3-11H2. The Kier molecular flexibility index (Phi) is 4.75. The van der Waals surface area contributed by atoms with Gasteiger partial charge in [0.25, 0.3) is 0 Å². The number of carbonyl (C=O) groups excluding carboxylic acids is 1. The molecule has 2 bridgehead atoms. The molecule has 2 atom stereocenters. The molecule has 3 nitrogen and oxygen atoms in total. The number of piperidine rings is 2. The van der Waals surface area contributed by atoms with Crippen LogP contribution < -0.4 is 0 Å². The summed E-state index contributed by atoms with van der Waals surface area (Å²) in [7, 11) is 0. The predicted molar refractivity (Wildman–Crippen MR) is 68.0 cm³/mol. The lowest BCUT2D eigenvalue weighted by Crippen LogP contribution is -2.53. The van der Waals surface area contributed by atoms with Crippen molar-refractivity contribution in [3.05, 3.63) is 12.7 Å². The van der Waals surface area contributed by atoms with Crippen molar-refractivity contribution < 1.29 is 9.53 Å². The Morgan fingerprint density at radius 3 is 2.65 bits per heavy atom. The Morgan fingerprint density at radius 2 is 2.00 bits per heavy atom. The van der Waals surface area contributed by atoms with Gasteiger partial charge in [0.1, 0.15) is 5.78 Å². The van der Waals surface area contributed by atoms with Crippen molar-refractivity contribution in [3.8, 4) is 0 Å². The number of ether oxygens (including phenoxy) is 1. The quantitative estimate of drug-likeness (QED) is 0.524. The lowest BCUT2D eigenvalue weighted by molar-refractivity contribution is -0.127. The van der Waals surface area contributed by atoms with E-state index in [1.54, 1.807) is 0 Å². The summed E-state index contributed by atoms with van der Waals surface area (Å²) in [5.41, 5.74) is 0. The highest BCUT2D eigenvalue weighted by atomic mass is 16.5. The van der Waals surface area contributed by atoms with Crippen LogP contribution in [0.5, 0.6) is 0 Å². The maximum absolute atomic E-state index is 11.6. The molecule has 0 spiro atoms. The molecule has 2 unspecified atom stereocenters. The smallest absolute Gasteiger partial charge is 0.136 e. The number of carbonyl (C=O) groups is 1. The largest absolute Gasteiger partial charge is 0.380 e. The number of nitrogens with zero attached hydrogens (tertiary/aromatic N) is 1. The van der Waals surface area contributed by atoms with Gasteiger partial charge in [-0.15, -0.1) is 6.58 Å². The minimum Gasteiger partial charge on any atom is -0.380 e. The Morgan fingerprint density at radius 1 is 1.29 bits per heavy atom. The van der Waals surface area contributed by atoms with E-state index in [0.717, 1.165) is 39.0 Å². The third kappa shape index (κ3) is 3.39. The first kappa shape index (κ1) is 12.8. The Bertz CT molecular complexity index is 261. The highest BCUT2D eigenvalue weighted by molar-refractivity contribution is 5.80. The van der Waals surface area contributed by atoms with Gasteiger partial charge in [0, 0.05) is 31.5 Å². The Labute approximate surface area is 104 Å². The fourth-order valence-corrected chi connectivity index (χ4v) is 3.07. The number of ketones is 1. The summed E-state index contributed by atoms with van der Waals surface area (Å²) in [5, 5.41) is 0. The van der Waals surface area contributed by atoms with E-state index in [-0.39, 0.29) is 0 Å². The molecule has 2 fully saturated rings. The molecule has 0 aromatic rings. The van der Waals surface area contributed by atoms with Gasteiger partial charge in [0.05, 0.1) is 13.2 Å². The van der Waals surface area contributed by atoms with Crippen LogP contribution in [0, 0.1) is 0 Å². The van der Waals surface area contributed by atoms with Crippen LogP contribution in [0.2, 0.25) is 0 Å². The fraction of sp³-hybridized carbons (Fsp3) is 0.786. The van der Waals surface area contributed by atoms with Crippen LogP contribution in [0.3, 0.4) is 0 Å². The fourth-order valence-electron chi connectivity index (χ4n) is 3.07. The molecular weight excluding hydrogens is 214 g/mol. The van der Waals surface area contributed by atoms with Crippen LogP contribution in [0.25, 0.3) is 0 Å². The Balaban J connectivity index is 1.75. The number of hydrogen-bond donors (Lipinski definition) is 0. The van der Waals surface area contributed by atoms with Gasteiger partial charge in [-0.1, -0.05) is 12.5 Å². The zero-order valence-electron chi connectivity index (χ0n) is 10.6. The molecule has 0 saturated carbocycles. The molecule has 2 aliphatic rings. The predicted octanol–water partition coefficient (Wildman–Crippen LogP) is 2.17. The van der Waals surface area contributed by atoms with Crippen molar-refractivity contribution in [1.82, 2.24) is 4.90 Å². The maximum atomic E-state index is 11.6. The number of rotatable bonds is 6. The third-order valence-corrected chi connectivity index (χ3v) is 3.90. The molecule has 0 aliphatic carbocycles. The molecule has 2 rings (SSSR count). The average Bonchev–Trinajstić information content (AvgIpc) is 2.29. The molecule has 3 heteroatoms. The van der Waals surface area contributed by atoms with E-state index in [2.05, 4.69) is 11.5 Å². The van der Waals surface area contributed by atoms with Gasteiger partial charge in [-0.3, -0.25) is 9.69 Å². The summed E-state index contributed by atoms with van der Waals surface area (Å²) in [5.74, 6) is 0.462. The van der Waals surface area contributed by atoms with Gasteiger partial charge in [0.2, 0.25) is 0 Å². The second-order valence-electron chi connectivity index (χ2n) is 5.11. The summed E-state index contributed by atoms with van der Waals surface area (Å²) < 4.78 is 5.57. The molecule has 0 radical (unpaired) electrons. The zero-order valence-corrected chi connectivity index (χ0v) is 10.6. The van der Waals surface area contributed by atoms with E-state index in [1.807, 2.05) is 6.08 Å². The summed E-state index contributed by atoms with van der Waals surface area (Å²) in [6.45, 7) is 6.22. The SMILES string of the molecule is C=CCCOCCN1C2CCCC1CC(=O)C2. The molecule has 17 heavy (non-hydrogen) atoms. The second kappa shape index (κ2) is 6.31. The third-order valence-electron chi connectivity index (χ3n) is 3.90. The van der Waals surface area contributed by atoms with Gasteiger partial charge >= 0.3 is 0 Å². The lowest BCUT2D eigenvalue weighted by Gasteiger charge is -2.45. The van der Waals surface area contributed by atoms with Crippen LogP contribution in [0.15, 0.2) is 12.7 Å². The molecule has 2 aliphatic heterocycles. The van der Waals surface area contributed by atoms with Crippen LogP contribution in [0.4, 0.5) is 0 Å². The summed E-state index contributed by atoms with van der Waals surface area (Å²) >= 11 is 0. The van der Waals surface area contributed by atoms with Crippen LogP contribution >= 0.6 is 0 Å². The molecule has 2 saturated heterocycles. The van der Waals surface area contributed by atoms with Crippen LogP contribution in [-0.2, 0) is 9.53 Å². The van der Waals surface area contributed by atoms with Crippen LogP contribution in [0.1, 0.15) is 38.5 Å². The number of fused-ring (bicyclic) bond motifs is 2. The number of Topliss-reactive ketones (excluding diaryl/α,β-unsaturated/α-hetero) is 1. The summed E-state index contributed by atoms with van der Waals surface area (Å²) in [6.07, 6.45) is 8.01. The van der Waals surface area contributed by atoms with Crippen molar-refractivity contribution in [3.63, 3.8) is 0 Å². The molecule has 0 amide bonds. The normalized spacial score (nSPS) is 29.3. The summed E-state index contributed by atoms with van der Waals surface area (Å²) in [6, 6.07) is 0.996. The van der Waals surface area contributed by atoms with E-state index in [0.29, 0.717) is 17.9 Å². The van der Waals surface area contributed by atoms with E-state index < -0.39 is 0 Å². The maximum Gasteiger partial charge on any atom is 0.136 e. The first-order valence-corrected chi connectivity index (χ1v) is 6.77. The highest BCUT2D eigenvalue weighted by Crippen LogP contribution is 2.31. The van der Waals surface area contributed by atoms with Gasteiger partial charge in [-0.25, -0.2) is 0 Å². The molecule has 0 aromatic heterocycles. The van der Waals surface area contributed by atoms with E-state index in [9.17, 15) is 4.79 Å². The van der Waals surface area contributed by atoms with Crippen molar-refractivity contribution in [2.75, 3.05) is 19.8 Å². The zero-order chi connectivity index (χ0) is 12.1. The lowest BCUT2D eigenvalue weighted by atomic mass is 9.84. The van der Waals surface area contributed by atoms with Crippen LogP contribution in [-0.4, -0.2) is 42.5 Å². The van der Waals surface area contributed by atoms with Gasteiger partial charge in [0.15, 0.2) is 0 Å². The molecule has 96 valence electrons. The first-order chi connectivity index (χ1) is 8.31. The minimum absolute atomic E-state index is 0.462. The van der Waals surface area contributed by atoms with E-state index >= 15 is 0 Å². The van der Waals surface area contributed by atoms with Gasteiger partial charge in [-0.2, -0.15) is 0 Å². The van der Waals surface area contributed by atoms with Gasteiger partial charge < -0.3 is 4.74 Å². The molecule has 2 heterocycles. The highest BCUT2D eigenvalue weighted by Gasteiger charge is 2.36. The minimum atomic E-state index is 0.462. The van der Waals surface area contributed by atoms with Gasteiger partial charge in [-0.05, 0) is 19.3 Å². The topological polar surface area (TPSA) is 29.5 Å². The number of hydrogen-bond acceptors (Lipinski definition) is 3. The van der Waals surface area contributed by atoms with E-state index in [1.165, 1.54) is 19.3 Å². The first-order valence-electron chi connectivity index (χ1n) is 6.77. The van der Waals surface area contributed by atoms with Crippen molar-refractivity contribution in [2.45, 2.75) is 50.6 Å². The van der Waals surface area contributed by atoms with Crippen molar-refractivity contribution in [1.29, 1.82) is 0 Å². The second-order valence-corrected chi connectivity index (χ2v) is 5.11. The molecule has 0 N–H and O–H groups in total.